The van der Waals surface area contributed by atoms with Gasteiger partial charge in [-0.3, -0.25) is 0 Å². The zero-order valence-corrected chi connectivity index (χ0v) is 28.7. The molecule has 1 aliphatic rings. The second-order valence-electron chi connectivity index (χ2n) is 13.3. The van der Waals surface area contributed by atoms with Gasteiger partial charge in [-0.25, -0.2) is 0 Å². The highest BCUT2D eigenvalue weighted by Crippen LogP contribution is 2.56. The molecule has 0 saturated heterocycles. The number of fused-ring (bicyclic) bond motifs is 6. The molecule has 0 amide bonds. The molecule has 0 saturated carbocycles. The molecule has 0 bridgehead atoms. The number of nitrogens with zero attached hydrogens (tertiary/aromatic N) is 1. The Labute approximate surface area is 302 Å². The van der Waals surface area contributed by atoms with Crippen LogP contribution in [-0.4, -0.2) is 0 Å². The highest BCUT2D eigenvalue weighted by atomic mass is 32.1. The van der Waals surface area contributed by atoms with Gasteiger partial charge in [0, 0.05) is 37.2 Å². The summed E-state index contributed by atoms with van der Waals surface area (Å²) in [6.07, 6.45) is 0. The van der Waals surface area contributed by atoms with Crippen molar-refractivity contribution in [2.75, 3.05) is 4.90 Å². The fourth-order valence-corrected chi connectivity index (χ4v) is 9.45. The Morgan fingerprint density at radius 1 is 0.353 bits per heavy atom. The maximum Gasteiger partial charge on any atom is 0.0714 e. The monoisotopic (exact) mass is 667 g/mol. The van der Waals surface area contributed by atoms with Gasteiger partial charge in [0.1, 0.15) is 0 Å². The van der Waals surface area contributed by atoms with Crippen molar-refractivity contribution in [3.8, 4) is 22.3 Å². The maximum atomic E-state index is 2.46. The molecule has 0 fully saturated rings. The first-order valence-corrected chi connectivity index (χ1v) is 18.3. The lowest BCUT2D eigenvalue weighted by molar-refractivity contribution is 0.770. The van der Waals surface area contributed by atoms with Crippen molar-refractivity contribution < 1.29 is 0 Å². The van der Waals surface area contributed by atoms with Crippen molar-refractivity contribution in [3.05, 3.63) is 222 Å². The summed E-state index contributed by atoms with van der Waals surface area (Å²) >= 11 is 1.88. The summed E-state index contributed by atoms with van der Waals surface area (Å²) in [5, 5.41) is 2.56. The van der Waals surface area contributed by atoms with E-state index in [4.69, 9.17) is 0 Å². The van der Waals surface area contributed by atoms with Gasteiger partial charge in [0.15, 0.2) is 0 Å². The molecule has 1 nitrogen and oxygen atoms in total. The zero-order valence-electron chi connectivity index (χ0n) is 27.9. The summed E-state index contributed by atoms with van der Waals surface area (Å²) in [4.78, 5) is 2.38. The van der Waals surface area contributed by atoms with Crippen LogP contribution in [0.5, 0.6) is 0 Å². The third-order valence-electron chi connectivity index (χ3n) is 10.5. The average Bonchev–Trinajstić information content (AvgIpc) is 3.72. The first-order valence-electron chi connectivity index (χ1n) is 17.5. The fourth-order valence-electron chi connectivity index (χ4n) is 8.33. The quantitative estimate of drug-likeness (QED) is 0.171. The molecular formula is C49H33NS. The van der Waals surface area contributed by atoms with Gasteiger partial charge in [0.2, 0.25) is 0 Å². The van der Waals surface area contributed by atoms with E-state index in [-0.39, 0.29) is 0 Å². The molecule has 1 aliphatic carbocycles. The summed E-state index contributed by atoms with van der Waals surface area (Å²) < 4.78 is 2.59. The summed E-state index contributed by atoms with van der Waals surface area (Å²) in [7, 11) is 0. The van der Waals surface area contributed by atoms with Crippen LogP contribution in [0.1, 0.15) is 22.3 Å². The molecule has 1 heterocycles. The van der Waals surface area contributed by atoms with E-state index in [0.717, 1.165) is 17.1 Å². The van der Waals surface area contributed by atoms with Crippen LogP contribution in [0.2, 0.25) is 0 Å². The summed E-state index contributed by atoms with van der Waals surface area (Å²) in [5.41, 5.74) is 13.3. The van der Waals surface area contributed by atoms with E-state index >= 15 is 0 Å². The van der Waals surface area contributed by atoms with Gasteiger partial charge < -0.3 is 4.90 Å². The Hall–Kier alpha value is -6.22. The minimum atomic E-state index is -0.405. The Balaban J connectivity index is 1.15. The number of para-hydroxylation sites is 1. The fraction of sp³-hybridized carbons (Fsp3) is 0.0204. The minimum absolute atomic E-state index is 0.405. The number of benzene rings is 8. The van der Waals surface area contributed by atoms with E-state index in [1.807, 2.05) is 11.3 Å². The lowest BCUT2D eigenvalue weighted by Gasteiger charge is -2.33. The van der Waals surface area contributed by atoms with Crippen LogP contribution in [-0.2, 0) is 5.41 Å². The molecule has 8 aromatic carbocycles. The second-order valence-corrected chi connectivity index (χ2v) is 14.4. The highest BCUT2D eigenvalue weighted by molar-refractivity contribution is 7.25. The molecule has 0 atom stereocenters. The molecule has 0 N–H and O–H groups in total. The van der Waals surface area contributed by atoms with Crippen molar-refractivity contribution in [1.29, 1.82) is 0 Å². The molecule has 51 heavy (non-hydrogen) atoms. The van der Waals surface area contributed by atoms with Crippen LogP contribution in [0.3, 0.4) is 0 Å². The van der Waals surface area contributed by atoms with Crippen LogP contribution < -0.4 is 4.90 Å². The number of thiophene rings is 1. The number of hydrogen-bond donors (Lipinski definition) is 0. The second kappa shape index (κ2) is 12.0. The van der Waals surface area contributed by atoms with Gasteiger partial charge >= 0.3 is 0 Å². The van der Waals surface area contributed by atoms with E-state index in [2.05, 4.69) is 205 Å². The normalized spacial score (nSPS) is 12.9. The molecule has 0 spiro atoms. The molecular weight excluding hydrogens is 635 g/mol. The Kier molecular flexibility index (Phi) is 6.97. The topological polar surface area (TPSA) is 3.24 Å². The van der Waals surface area contributed by atoms with Gasteiger partial charge in [-0.05, 0) is 93.0 Å². The van der Waals surface area contributed by atoms with Crippen LogP contribution >= 0.6 is 11.3 Å². The zero-order chi connectivity index (χ0) is 33.8. The van der Waals surface area contributed by atoms with Gasteiger partial charge in [-0.15, -0.1) is 11.3 Å². The minimum Gasteiger partial charge on any atom is -0.310 e. The smallest absolute Gasteiger partial charge is 0.0714 e. The van der Waals surface area contributed by atoms with Crippen LogP contribution in [0.15, 0.2) is 200 Å². The molecule has 2 heteroatoms. The SMILES string of the molecule is c1ccc(-c2cccc(N(c3ccccc3)c3ccc4sc5cc(C6(c7ccccc7)c7ccccc7-c7ccccc76)ccc5c4c3)c2)cc1. The van der Waals surface area contributed by atoms with Crippen LogP contribution in [0.25, 0.3) is 42.4 Å². The van der Waals surface area contributed by atoms with Crippen LogP contribution in [0, 0.1) is 0 Å². The standard InChI is InChI=1S/C49H33NS/c1-4-15-34(16-5-1)35-17-14-22-39(31-35)50(38-20-8-3-9-21-38)40-28-30-47-44(33-40)43-29-27-37(32-48(43)51-47)49(36-18-6-2-7-19-36)45-25-12-10-23-41(45)42-24-11-13-26-46(42)49/h1-33H. The maximum absolute atomic E-state index is 2.46. The molecule has 10 rings (SSSR count). The van der Waals surface area contributed by atoms with E-state index in [0.29, 0.717) is 0 Å². The van der Waals surface area contributed by atoms with Crippen molar-refractivity contribution in [2.45, 2.75) is 5.41 Å². The summed E-state index contributed by atoms with van der Waals surface area (Å²) in [6, 6.07) is 73.3. The molecule has 9 aromatic rings. The van der Waals surface area contributed by atoms with Crippen molar-refractivity contribution in [1.82, 2.24) is 0 Å². The third-order valence-corrected chi connectivity index (χ3v) is 11.7. The molecule has 1 aromatic heterocycles. The number of anilines is 3. The highest BCUT2D eigenvalue weighted by Gasteiger charge is 2.45. The average molecular weight is 668 g/mol. The lowest BCUT2D eigenvalue weighted by atomic mass is 9.67. The Morgan fingerprint density at radius 3 is 1.67 bits per heavy atom. The van der Waals surface area contributed by atoms with Gasteiger partial charge in [0.25, 0.3) is 0 Å². The van der Waals surface area contributed by atoms with Crippen LogP contribution in [0.4, 0.5) is 17.1 Å². The van der Waals surface area contributed by atoms with Crippen molar-refractivity contribution >= 4 is 48.6 Å². The predicted molar refractivity (Wildman–Crippen MR) is 217 cm³/mol. The van der Waals surface area contributed by atoms with Crippen molar-refractivity contribution in [3.63, 3.8) is 0 Å². The first kappa shape index (κ1) is 29.7. The Morgan fingerprint density at radius 2 is 0.941 bits per heavy atom. The van der Waals surface area contributed by atoms with E-state index in [9.17, 15) is 0 Å². The largest absolute Gasteiger partial charge is 0.310 e. The van der Waals surface area contributed by atoms with Crippen molar-refractivity contribution in [2.24, 2.45) is 0 Å². The van der Waals surface area contributed by atoms with E-state index in [1.54, 1.807) is 0 Å². The summed E-state index contributed by atoms with van der Waals surface area (Å²) in [5.74, 6) is 0. The number of hydrogen-bond acceptors (Lipinski definition) is 2. The van der Waals surface area contributed by atoms with Gasteiger partial charge in [0.05, 0.1) is 5.41 Å². The molecule has 0 radical (unpaired) electrons. The molecule has 0 unspecified atom stereocenters. The molecule has 240 valence electrons. The first-order chi connectivity index (χ1) is 25.3. The van der Waals surface area contributed by atoms with Gasteiger partial charge in [-0.2, -0.15) is 0 Å². The number of rotatable bonds is 6. The Bertz CT molecular complexity index is 2650. The lowest BCUT2D eigenvalue weighted by Crippen LogP contribution is -2.28. The van der Waals surface area contributed by atoms with Gasteiger partial charge in [-0.1, -0.05) is 152 Å². The predicted octanol–water partition coefficient (Wildman–Crippen LogP) is 13.6. The molecule has 0 aliphatic heterocycles. The third kappa shape index (κ3) is 4.68. The van der Waals surface area contributed by atoms with E-state index in [1.165, 1.54) is 64.7 Å². The van der Waals surface area contributed by atoms with E-state index < -0.39 is 5.41 Å². The summed E-state index contributed by atoms with van der Waals surface area (Å²) in [6.45, 7) is 0.